The van der Waals surface area contributed by atoms with Gasteiger partial charge in [0, 0.05) is 31.0 Å². The summed E-state index contributed by atoms with van der Waals surface area (Å²) in [6.07, 6.45) is 4.07. The first-order valence-electron chi connectivity index (χ1n) is 6.84. The van der Waals surface area contributed by atoms with Crippen molar-refractivity contribution >= 4 is 11.4 Å². The van der Waals surface area contributed by atoms with Crippen molar-refractivity contribution in [1.82, 2.24) is 0 Å². The van der Waals surface area contributed by atoms with Crippen LogP contribution in [0, 0.1) is 5.92 Å². The van der Waals surface area contributed by atoms with Gasteiger partial charge in [-0.3, -0.25) is 0 Å². The Bertz CT molecular complexity index is 323. The van der Waals surface area contributed by atoms with Crippen molar-refractivity contribution < 1.29 is 0 Å². The molecule has 0 aliphatic carbocycles. The Morgan fingerprint density at radius 2 is 1.71 bits per heavy atom. The molecule has 17 heavy (non-hydrogen) atoms. The summed E-state index contributed by atoms with van der Waals surface area (Å²) in [5.74, 6) is 0.691. The maximum absolute atomic E-state index is 3.46. The molecule has 0 atom stereocenters. The lowest BCUT2D eigenvalue weighted by molar-refractivity contribution is 0.578. The molecule has 2 heteroatoms. The van der Waals surface area contributed by atoms with Crippen LogP contribution in [0.2, 0.25) is 0 Å². The standard InChI is InChI=1S/C15H24N2/c1-13(2)12-16-14-6-8-15(9-7-14)17-10-4-3-5-11-17/h6-9,13,16H,3-5,10-12H2,1-2H3. The molecule has 1 aromatic rings. The third-order valence-electron chi connectivity index (χ3n) is 3.30. The number of nitrogens with one attached hydrogen (secondary N) is 1. The van der Waals surface area contributed by atoms with Crippen molar-refractivity contribution in [3.05, 3.63) is 24.3 Å². The van der Waals surface area contributed by atoms with Crippen molar-refractivity contribution in [2.75, 3.05) is 29.9 Å². The molecule has 0 aromatic heterocycles. The van der Waals surface area contributed by atoms with Crippen LogP contribution in [0.25, 0.3) is 0 Å². The average Bonchev–Trinajstić information content (AvgIpc) is 2.38. The van der Waals surface area contributed by atoms with Crippen LogP contribution in [-0.4, -0.2) is 19.6 Å². The number of rotatable bonds is 4. The third kappa shape index (κ3) is 3.65. The van der Waals surface area contributed by atoms with Crippen molar-refractivity contribution in [3.63, 3.8) is 0 Å². The Labute approximate surface area is 105 Å². The van der Waals surface area contributed by atoms with Gasteiger partial charge < -0.3 is 10.2 Å². The van der Waals surface area contributed by atoms with E-state index in [9.17, 15) is 0 Å². The summed E-state index contributed by atoms with van der Waals surface area (Å²) in [6, 6.07) is 8.89. The first-order valence-corrected chi connectivity index (χ1v) is 6.84. The highest BCUT2D eigenvalue weighted by Crippen LogP contribution is 2.21. The van der Waals surface area contributed by atoms with Crippen molar-refractivity contribution in [3.8, 4) is 0 Å². The largest absolute Gasteiger partial charge is 0.385 e. The fourth-order valence-electron chi connectivity index (χ4n) is 2.26. The molecular weight excluding hydrogens is 208 g/mol. The second-order valence-electron chi connectivity index (χ2n) is 5.37. The van der Waals surface area contributed by atoms with Gasteiger partial charge in [0.1, 0.15) is 0 Å². The van der Waals surface area contributed by atoms with E-state index in [0.29, 0.717) is 5.92 Å². The zero-order chi connectivity index (χ0) is 12.1. The molecule has 1 aliphatic heterocycles. The lowest BCUT2D eigenvalue weighted by atomic mass is 10.1. The first-order chi connectivity index (χ1) is 8.25. The minimum atomic E-state index is 0.691. The fourth-order valence-corrected chi connectivity index (χ4v) is 2.26. The van der Waals surface area contributed by atoms with Gasteiger partial charge in [-0.25, -0.2) is 0 Å². The molecule has 0 amide bonds. The monoisotopic (exact) mass is 232 g/mol. The summed E-state index contributed by atoms with van der Waals surface area (Å²) in [7, 11) is 0. The number of hydrogen-bond donors (Lipinski definition) is 1. The summed E-state index contributed by atoms with van der Waals surface area (Å²) in [5.41, 5.74) is 2.61. The zero-order valence-electron chi connectivity index (χ0n) is 11.1. The molecule has 1 saturated heterocycles. The highest BCUT2D eigenvalue weighted by Gasteiger charge is 2.10. The molecule has 0 saturated carbocycles. The van der Waals surface area contributed by atoms with E-state index < -0.39 is 0 Å². The molecule has 2 nitrogen and oxygen atoms in total. The lowest BCUT2D eigenvalue weighted by Gasteiger charge is -2.28. The molecular formula is C15H24N2. The number of piperidine rings is 1. The van der Waals surface area contributed by atoms with Crippen LogP contribution in [0.4, 0.5) is 11.4 Å². The van der Waals surface area contributed by atoms with Gasteiger partial charge in [0.05, 0.1) is 0 Å². The molecule has 1 aromatic carbocycles. The average molecular weight is 232 g/mol. The highest BCUT2D eigenvalue weighted by molar-refractivity contribution is 5.55. The smallest absolute Gasteiger partial charge is 0.0367 e. The van der Waals surface area contributed by atoms with Crippen LogP contribution >= 0.6 is 0 Å². The topological polar surface area (TPSA) is 15.3 Å². The normalized spacial score (nSPS) is 16.3. The minimum absolute atomic E-state index is 0.691. The molecule has 0 unspecified atom stereocenters. The second kappa shape index (κ2) is 5.95. The van der Waals surface area contributed by atoms with Gasteiger partial charge in [0.15, 0.2) is 0 Å². The number of hydrogen-bond acceptors (Lipinski definition) is 2. The van der Waals surface area contributed by atoms with Crippen LogP contribution in [-0.2, 0) is 0 Å². The van der Waals surface area contributed by atoms with Gasteiger partial charge in [-0.05, 0) is 49.4 Å². The predicted molar refractivity (Wildman–Crippen MR) is 75.8 cm³/mol. The number of benzene rings is 1. The second-order valence-corrected chi connectivity index (χ2v) is 5.37. The summed E-state index contributed by atoms with van der Waals surface area (Å²) in [5, 5.41) is 3.46. The first kappa shape index (κ1) is 12.3. The van der Waals surface area contributed by atoms with E-state index in [1.165, 1.54) is 43.7 Å². The Kier molecular flexibility index (Phi) is 4.29. The van der Waals surface area contributed by atoms with Gasteiger partial charge in [-0.2, -0.15) is 0 Å². The summed E-state index contributed by atoms with van der Waals surface area (Å²) >= 11 is 0. The maximum atomic E-state index is 3.46. The minimum Gasteiger partial charge on any atom is -0.385 e. The molecule has 1 heterocycles. The highest BCUT2D eigenvalue weighted by atomic mass is 15.1. The van der Waals surface area contributed by atoms with Gasteiger partial charge in [0.2, 0.25) is 0 Å². The molecule has 1 fully saturated rings. The quantitative estimate of drug-likeness (QED) is 0.850. The van der Waals surface area contributed by atoms with Crippen LogP contribution < -0.4 is 10.2 Å². The van der Waals surface area contributed by atoms with Crippen molar-refractivity contribution in [2.24, 2.45) is 5.92 Å². The molecule has 1 aliphatic rings. The Hall–Kier alpha value is -1.18. The van der Waals surface area contributed by atoms with E-state index in [-0.39, 0.29) is 0 Å². The van der Waals surface area contributed by atoms with Crippen LogP contribution in [0.1, 0.15) is 33.1 Å². The Balaban J connectivity index is 1.92. The Morgan fingerprint density at radius 1 is 1.06 bits per heavy atom. The number of anilines is 2. The van der Waals surface area contributed by atoms with Crippen molar-refractivity contribution in [2.45, 2.75) is 33.1 Å². The molecule has 0 bridgehead atoms. The van der Waals surface area contributed by atoms with E-state index in [1.807, 2.05) is 0 Å². The zero-order valence-corrected chi connectivity index (χ0v) is 11.1. The molecule has 0 spiro atoms. The van der Waals surface area contributed by atoms with E-state index in [2.05, 4.69) is 48.3 Å². The van der Waals surface area contributed by atoms with E-state index in [0.717, 1.165) is 6.54 Å². The maximum Gasteiger partial charge on any atom is 0.0367 e. The SMILES string of the molecule is CC(C)CNc1ccc(N2CCCCC2)cc1. The molecule has 2 rings (SSSR count). The number of nitrogens with zero attached hydrogens (tertiary/aromatic N) is 1. The fraction of sp³-hybridized carbons (Fsp3) is 0.600. The van der Waals surface area contributed by atoms with E-state index in [4.69, 9.17) is 0 Å². The summed E-state index contributed by atoms with van der Waals surface area (Å²) in [4.78, 5) is 2.50. The van der Waals surface area contributed by atoms with Crippen molar-refractivity contribution in [1.29, 1.82) is 0 Å². The van der Waals surface area contributed by atoms with Gasteiger partial charge in [-0.1, -0.05) is 13.8 Å². The lowest BCUT2D eigenvalue weighted by Crippen LogP contribution is -2.29. The third-order valence-corrected chi connectivity index (χ3v) is 3.30. The van der Waals surface area contributed by atoms with Crippen LogP contribution in [0.15, 0.2) is 24.3 Å². The molecule has 94 valence electrons. The Morgan fingerprint density at radius 3 is 2.29 bits per heavy atom. The molecule has 1 N–H and O–H groups in total. The van der Waals surface area contributed by atoms with E-state index in [1.54, 1.807) is 0 Å². The van der Waals surface area contributed by atoms with Crippen LogP contribution in [0.5, 0.6) is 0 Å². The predicted octanol–water partition coefficient (Wildman–Crippen LogP) is 3.74. The molecule has 0 radical (unpaired) electrons. The van der Waals surface area contributed by atoms with Crippen LogP contribution in [0.3, 0.4) is 0 Å². The summed E-state index contributed by atoms with van der Waals surface area (Å²) < 4.78 is 0. The van der Waals surface area contributed by atoms with E-state index >= 15 is 0 Å². The summed E-state index contributed by atoms with van der Waals surface area (Å²) in [6.45, 7) is 7.95. The van der Waals surface area contributed by atoms with Gasteiger partial charge in [-0.15, -0.1) is 0 Å². The van der Waals surface area contributed by atoms with Gasteiger partial charge >= 0.3 is 0 Å². The van der Waals surface area contributed by atoms with Gasteiger partial charge in [0.25, 0.3) is 0 Å².